The number of nitrogens with zero attached hydrogens (tertiary/aromatic N) is 3. The minimum absolute atomic E-state index is 0.0642. The zero-order valence-corrected chi connectivity index (χ0v) is 20.1. The zero-order chi connectivity index (χ0) is 24.6. The number of benzene rings is 3. The molecule has 0 atom stereocenters. The number of aromatic nitrogens is 3. The topological polar surface area (TPSA) is 95.3 Å². The van der Waals surface area contributed by atoms with Gasteiger partial charge >= 0.3 is 0 Å². The van der Waals surface area contributed by atoms with Crippen LogP contribution in [0.5, 0.6) is 11.5 Å². The van der Waals surface area contributed by atoms with E-state index < -0.39 is 0 Å². The van der Waals surface area contributed by atoms with Crippen LogP contribution in [-0.2, 0) is 11.4 Å². The molecule has 1 heterocycles. The average molecular weight is 489 g/mol. The van der Waals surface area contributed by atoms with Crippen molar-refractivity contribution in [3.63, 3.8) is 0 Å². The molecule has 0 unspecified atom stereocenters. The number of thioether (sulfide) groups is 1. The Bertz CT molecular complexity index is 1320. The second-order valence-electron chi connectivity index (χ2n) is 7.48. The average Bonchev–Trinajstić information content (AvgIpc) is 3.29. The van der Waals surface area contributed by atoms with Crippen LogP contribution in [-0.4, -0.2) is 39.3 Å². The van der Waals surface area contributed by atoms with E-state index >= 15 is 0 Å². The number of methoxy groups -OCH3 is 1. The van der Waals surface area contributed by atoms with Crippen molar-refractivity contribution in [2.24, 2.45) is 0 Å². The van der Waals surface area contributed by atoms with E-state index in [1.165, 1.54) is 18.7 Å². The normalized spacial score (nSPS) is 10.6. The Balaban J connectivity index is 1.53. The molecule has 0 saturated carbocycles. The van der Waals surface area contributed by atoms with Crippen LogP contribution in [0, 0.1) is 0 Å². The summed E-state index contributed by atoms with van der Waals surface area (Å²) in [6.07, 6.45) is 0. The van der Waals surface area contributed by atoms with E-state index in [2.05, 4.69) is 15.5 Å². The molecule has 0 bridgehead atoms. The highest BCUT2D eigenvalue weighted by Gasteiger charge is 2.19. The number of nitrogens with one attached hydrogen (secondary N) is 1. The Morgan fingerprint density at radius 1 is 0.971 bits per heavy atom. The predicted molar refractivity (Wildman–Crippen MR) is 134 cm³/mol. The van der Waals surface area contributed by atoms with E-state index in [-0.39, 0.29) is 24.1 Å². The van der Waals surface area contributed by atoms with Crippen molar-refractivity contribution in [3.05, 3.63) is 90.3 Å². The van der Waals surface area contributed by atoms with E-state index in [1.54, 1.807) is 31.4 Å². The number of carbonyl (C=O) groups excluding carboxylic acids is 2. The molecular formula is C26H24N4O4S. The van der Waals surface area contributed by atoms with Gasteiger partial charge in [0.2, 0.25) is 5.91 Å². The first-order valence-electron chi connectivity index (χ1n) is 10.8. The van der Waals surface area contributed by atoms with Crippen molar-refractivity contribution in [1.82, 2.24) is 14.8 Å². The minimum atomic E-state index is -0.229. The number of anilines is 1. The van der Waals surface area contributed by atoms with E-state index in [0.29, 0.717) is 33.7 Å². The fourth-order valence-corrected chi connectivity index (χ4v) is 4.12. The largest absolute Gasteiger partial charge is 0.495 e. The minimum Gasteiger partial charge on any atom is -0.495 e. The molecule has 1 N–H and O–H groups in total. The maximum atomic E-state index is 12.6. The summed E-state index contributed by atoms with van der Waals surface area (Å²) in [5.74, 6) is 1.72. The summed E-state index contributed by atoms with van der Waals surface area (Å²) in [5.41, 5.74) is 1.84. The Morgan fingerprint density at radius 2 is 1.74 bits per heavy atom. The molecule has 3 aromatic carbocycles. The Morgan fingerprint density at radius 3 is 2.51 bits per heavy atom. The van der Waals surface area contributed by atoms with Crippen LogP contribution in [0.15, 0.2) is 84.0 Å². The van der Waals surface area contributed by atoms with Crippen molar-refractivity contribution in [2.75, 3.05) is 18.2 Å². The monoisotopic (exact) mass is 488 g/mol. The van der Waals surface area contributed by atoms with Crippen molar-refractivity contribution in [2.45, 2.75) is 18.7 Å². The fourth-order valence-electron chi connectivity index (χ4n) is 3.35. The van der Waals surface area contributed by atoms with Crippen LogP contribution in [0.25, 0.3) is 5.69 Å². The first-order chi connectivity index (χ1) is 17.0. The highest BCUT2D eigenvalue weighted by atomic mass is 32.2. The van der Waals surface area contributed by atoms with E-state index in [9.17, 15) is 9.59 Å². The molecule has 4 rings (SSSR count). The molecule has 9 heteroatoms. The lowest BCUT2D eigenvalue weighted by molar-refractivity contribution is -0.113. The van der Waals surface area contributed by atoms with Crippen LogP contribution in [0.2, 0.25) is 0 Å². The number of Topliss-reactive ketones (excluding diaryl/α,β-unsaturated/α-hetero) is 1. The van der Waals surface area contributed by atoms with Gasteiger partial charge in [-0.15, -0.1) is 10.2 Å². The molecule has 8 nitrogen and oxygen atoms in total. The van der Waals surface area contributed by atoms with Crippen LogP contribution in [0.4, 0.5) is 5.69 Å². The molecule has 1 aromatic heterocycles. The van der Waals surface area contributed by atoms with E-state index in [4.69, 9.17) is 9.47 Å². The van der Waals surface area contributed by atoms with Crippen LogP contribution in [0.3, 0.4) is 0 Å². The summed E-state index contributed by atoms with van der Waals surface area (Å²) in [7, 11) is 1.60. The van der Waals surface area contributed by atoms with Gasteiger partial charge in [-0.1, -0.05) is 54.2 Å². The van der Waals surface area contributed by atoms with Crippen molar-refractivity contribution in [1.29, 1.82) is 0 Å². The molecule has 0 aliphatic heterocycles. The molecule has 0 aliphatic carbocycles. The van der Waals surface area contributed by atoms with Gasteiger partial charge in [-0.2, -0.15) is 0 Å². The van der Waals surface area contributed by atoms with Gasteiger partial charge in [0.15, 0.2) is 16.8 Å². The molecule has 0 radical (unpaired) electrons. The Labute approximate surface area is 207 Å². The summed E-state index contributed by atoms with van der Waals surface area (Å²) in [6, 6.07) is 23.8. The van der Waals surface area contributed by atoms with Crippen LogP contribution >= 0.6 is 11.8 Å². The quantitative estimate of drug-likeness (QED) is 0.253. The summed E-state index contributed by atoms with van der Waals surface area (Å²) in [4.78, 5) is 24.2. The van der Waals surface area contributed by atoms with Crippen molar-refractivity contribution < 1.29 is 19.1 Å². The molecule has 0 saturated heterocycles. The lowest BCUT2D eigenvalue weighted by Crippen LogP contribution is -2.15. The van der Waals surface area contributed by atoms with Crippen molar-refractivity contribution in [3.8, 4) is 17.2 Å². The Hall–Kier alpha value is -4.11. The van der Waals surface area contributed by atoms with Gasteiger partial charge < -0.3 is 14.8 Å². The number of hydrogen-bond acceptors (Lipinski definition) is 7. The molecule has 4 aromatic rings. The van der Waals surface area contributed by atoms with Crippen LogP contribution in [0.1, 0.15) is 23.1 Å². The lowest BCUT2D eigenvalue weighted by Gasteiger charge is -2.14. The fraction of sp³-hybridized carbons (Fsp3) is 0.154. The van der Waals surface area contributed by atoms with Gasteiger partial charge in [-0.05, 0) is 43.3 Å². The third kappa shape index (κ3) is 6.07. The highest BCUT2D eigenvalue weighted by Crippen LogP contribution is 2.29. The molecule has 0 spiro atoms. The summed E-state index contributed by atoms with van der Waals surface area (Å²) in [6.45, 7) is 1.67. The van der Waals surface area contributed by atoms with Gasteiger partial charge in [-0.25, -0.2) is 0 Å². The lowest BCUT2D eigenvalue weighted by atomic mass is 10.1. The van der Waals surface area contributed by atoms with Gasteiger partial charge in [0.05, 0.1) is 18.6 Å². The summed E-state index contributed by atoms with van der Waals surface area (Å²) in [5, 5.41) is 12.0. The number of para-hydroxylation sites is 3. The highest BCUT2D eigenvalue weighted by molar-refractivity contribution is 7.99. The predicted octanol–water partition coefficient (Wildman–Crippen LogP) is 4.79. The molecule has 0 aliphatic rings. The second-order valence-corrected chi connectivity index (χ2v) is 8.42. The molecular weight excluding hydrogens is 464 g/mol. The number of ketones is 1. The zero-order valence-electron chi connectivity index (χ0n) is 19.3. The van der Waals surface area contributed by atoms with Gasteiger partial charge in [0.1, 0.15) is 18.1 Å². The molecule has 1 amide bonds. The molecule has 0 fully saturated rings. The first kappa shape index (κ1) is 24.0. The molecule has 178 valence electrons. The summed E-state index contributed by atoms with van der Waals surface area (Å²) >= 11 is 1.24. The van der Waals surface area contributed by atoms with Crippen LogP contribution < -0.4 is 14.8 Å². The standard InChI is InChI=1S/C26H24N4O4S/c1-18(31)19-9-8-10-20(15-19)27-25(32)17-35-26-29-28-24(16-34-21-11-4-3-5-12-21)30(26)22-13-6-7-14-23(22)33-2/h3-15H,16-17H2,1-2H3,(H,27,32). The number of amides is 1. The smallest absolute Gasteiger partial charge is 0.234 e. The summed E-state index contributed by atoms with van der Waals surface area (Å²) < 4.78 is 13.3. The molecule has 35 heavy (non-hydrogen) atoms. The second kappa shape index (κ2) is 11.3. The first-order valence-corrected chi connectivity index (χ1v) is 11.8. The van der Waals surface area contributed by atoms with Gasteiger partial charge in [0.25, 0.3) is 0 Å². The Kier molecular flexibility index (Phi) is 7.79. The number of ether oxygens (including phenoxy) is 2. The maximum absolute atomic E-state index is 12.6. The van der Waals surface area contributed by atoms with Crippen molar-refractivity contribution >= 4 is 29.1 Å². The maximum Gasteiger partial charge on any atom is 0.234 e. The van der Waals surface area contributed by atoms with Gasteiger partial charge in [-0.3, -0.25) is 14.2 Å². The number of rotatable bonds is 10. The number of hydrogen-bond donors (Lipinski definition) is 1. The van der Waals surface area contributed by atoms with E-state index in [0.717, 1.165) is 5.69 Å². The third-order valence-corrected chi connectivity index (χ3v) is 5.95. The SMILES string of the molecule is COc1ccccc1-n1c(COc2ccccc2)nnc1SCC(=O)Nc1cccc(C(C)=O)c1. The number of carbonyl (C=O) groups is 2. The van der Waals surface area contributed by atoms with E-state index in [1.807, 2.05) is 59.2 Å². The van der Waals surface area contributed by atoms with Gasteiger partial charge in [0, 0.05) is 11.3 Å². The third-order valence-electron chi connectivity index (χ3n) is 5.02.